The molecular weight excluding hydrogens is 381 g/mol. The van der Waals surface area contributed by atoms with Gasteiger partial charge in [0.05, 0.1) is 18.2 Å². The molecule has 0 N–H and O–H groups in total. The number of aromatic nitrogens is 1. The summed E-state index contributed by atoms with van der Waals surface area (Å²) in [5.41, 5.74) is 2.97. The molecule has 2 aromatic rings. The summed E-state index contributed by atoms with van der Waals surface area (Å²) in [6.07, 6.45) is 7.25. The minimum absolute atomic E-state index is 0.110. The Kier molecular flexibility index (Phi) is 7.83. The van der Waals surface area contributed by atoms with Crippen LogP contribution in [0.2, 0.25) is 0 Å². The number of carbonyl (C=O) groups excluding carboxylic acids is 2. The zero-order chi connectivity index (χ0) is 21.5. The Morgan fingerprint density at radius 2 is 1.87 bits per heavy atom. The Morgan fingerprint density at radius 1 is 1.10 bits per heavy atom. The Bertz CT molecular complexity index is 869. The molecule has 5 heteroatoms. The molecule has 0 amide bonds. The summed E-state index contributed by atoms with van der Waals surface area (Å²) >= 11 is 0. The summed E-state index contributed by atoms with van der Waals surface area (Å²) < 4.78 is 21.0. The third-order valence-electron chi connectivity index (χ3n) is 5.81. The number of aryl methyl sites for hydroxylation is 1. The smallest absolute Gasteiger partial charge is 0.314 e. The van der Waals surface area contributed by atoms with Crippen LogP contribution in [0.5, 0.6) is 0 Å². The van der Waals surface area contributed by atoms with Gasteiger partial charge in [0.1, 0.15) is 5.82 Å². The van der Waals surface area contributed by atoms with Gasteiger partial charge in [-0.3, -0.25) is 9.59 Å². The number of ether oxygens (including phenoxy) is 1. The fraction of sp³-hybridized carbons (Fsp3) is 0.520. The van der Waals surface area contributed by atoms with E-state index in [9.17, 15) is 14.0 Å². The number of carbonyl (C=O) groups is 2. The van der Waals surface area contributed by atoms with Crippen molar-refractivity contribution in [3.05, 3.63) is 58.7 Å². The molecule has 0 radical (unpaired) electrons. The third kappa shape index (κ3) is 5.00. The lowest BCUT2D eigenvalue weighted by Gasteiger charge is -2.16. The van der Waals surface area contributed by atoms with Gasteiger partial charge >= 0.3 is 5.97 Å². The van der Waals surface area contributed by atoms with Gasteiger partial charge in [0.15, 0.2) is 0 Å². The first-order valence-corrected chi connectivity index (χ1v) is 11.3. The van der Waals surface area contributed by atoms with Gasteiger partial charge in [-0.2, -0.15) is 0 Å². The SMILES string of the molecule is CCCCCOC(=O)C1CCCCn2c1cc(CCC)c2C(=O)c1ccc(F)cc1. The lowest BCUT2D eigenvalue weighted by Crippen LogP contribution is -2.20. The van der Waals surface area contributed by atoms with Crippen LogP contribution >= 0.6 is 0 Å². The first-order valence-electron chi connectivity index (χ1n) is 11.3. The van der Waals surface area contributed by atoms with E-state index in [2.05, 4.69) is 13.8 Å². The highest BCUT2D eigenvalue weighted by Gasteiger charge is 2.31. The van der Waals surface area contributed by atoms with Crippen molar-refractivity contribution >= 4 is 11.8 Å². The Labute approximate surface area is 178 Å². The number of hydrogen-bond donors (Lipinski definition) is 0. The molecule has 0 bridgehead atoms. The van der Waals surface area contributed by atoms with Crippen molar-refractivity contribution < 1.29 is 18.7 Å². The van der Waals surface area contributed by atoms with Gasteiger partial charge < -0.3 is 9.30 Å². The highest BCUT2D eigenvalue weighted by atomic mass is 19.1. The zero-order valence-electron chi connectivity index (χ0n) is 18.1. The first-order chi connectivity index (χ1) is 14.6. The predicted molar refractivity (Wildman–Crippen MR) is 115 cm³/mol. The van der Waals surface area contributed by atoms with Crippen LogP contribution in [-0.4, -0.2) is 22.9 Å². The number of esters is 1. The van der Waals surface area contributed by atoms with Gasteiger partial charge in [-0.05, 0) is 61.6 Å². The molecule has 0 aliphatic carbocycles. The third-order valence-corrected chi connectivity index (χ3v) is 5.81. The van der Waals surface area contributed by atoms with Gasteiger partial charge in [-0.1, -0.05) is 39.5 Å². The lowest BCUT2D eigenvalue weighted by atomic mass is 9.98. The predicted octanol–water partition coefficient (Wildman–Crippen LogP) is 5.81. The van der Waals surface area contributed by atoms with Crippen molar-refractivity contribution in [3.63, 3.8) is 0 Å². The second-order valence-corrected chi connectivity index (χ2v) is 8.10. The molecular formula is C25H32FNO3. The molecule has 4 nitrogen and oxygen atoms in total. The van der Waals surface area contributed by atoms with E-state index in [0.717, 1.165) is 62.6 Å². The fourth-order valence-corrected chi connectivity index (χ4v) is 4.25. The second-order valence-electron chi connectivity index (χ2n) is 8.10. The van der Waals surface area contributed by atoms with Gasteiger partial charge in [-0.15, -0.1) is 0 Å². The minimum Gasteiger partial charge on any atom is -0.465 e. The molecule has 1 aliphatic heterocycles. The molecule has 0 spiro atoms. The molecule has 1 unspecified atom stereocenters. The average Bonchev–Trinajstić information content (AvgIpc) is 2.95. The van der Waals surface area contributed by atoms with Crippen LogP contribution < -0.4 is 0 Å². The van der Waals surface area contributed by atoms with Gasteiger partial charge in [0, 0.05) is 17.8 Å². The monoisotopic (exact) mass is 413 g/mol. The molecule has 1 aromatic carbocycles. The van der Waals surface area contributed by atoms with E-state index in [1.54, 1.807) is 0 Å². The van der Waals surface area contributed by atoms with E-state index in [-0.39, 0.29) is 23.5 Å². The Balaban J connectivity index is 1.95. The summed E-state index contributed by atoms with van der Waals surface area (Å²) in [4.78, 5) is 26.2. The van der Waals surface area contributed by atoms with E-state index < -0.39 is 0 Å². The molecule has 162 valence electrons. The average molecular weight is 414 g/mol. The maximum absolute atomic E-state index is 13.4. The lowest BCUT2D eigenvalue weighted by molar-refractivity contribution is -0.145. The molecule has 3 rings (SSSR count). The van der Waals surface area contributed by atoms with Crippen molar-refractivity contribution in [1.29, 1.82) is 0 Å². The van der Waals surface area contributed by atoms with Gasteiger partial charge in [0.25, 0.3) is 0 Å². The summed E-state index contributed by atoms with van der Waals surface area (Å²) in [6, 6.07) is 7.72. The van der Waals surface area contributed by atoms with Crippen LogP contribution in [0.1, 0.15) is 92.0 Å². The Morgan fingerprint density at radius 3 is 2.57 bits per heavy atom. The topological polar surface area (TPSA) is 48.3 Å². The number of fused-ring (bicyclic) bond motifs is 1. The molecule has 1 aliphatic rings. The van der Waals surface area contributed by atoms with E-state index >= 15 is 0 Å². The minimum atomic E-state index is -0.361. The van der Waals surface area contributed by atoms with Crippen molar-refractivity contribution in [1.82, 2.24) is 4.57 Å². The van der Waals surface area contributed by atoms with Crippen molar-refractivity contribution in [3.8, 4) is 0 Å². The van der Waals surface area contributed by atoms with E-state index in [4.69, 9.17) is 4.74 Å². The highest BCUT2D eigenvalue weighted by molar-refractivity contribution is 6.09. The van der Waals surface area contributed by atoms with Gasteiger partial charge in [0.2, 0.25) is 5.78 Å². The zero-order valence-corrected chi connectivity index (χ0v) is 18.1. The van der Waals surface area contributed by atoms with Crippen LogP contribution in [-0.2, 0) is 22.5 Å². The highest BCUT2D eigenvalue weighted by Crippen LogP contribution is 2.33. The number of nitrogens with zero attached hydrogens (tertiary/aromatic N) is 1. The first kappa shape index (κ1) is 22.3. The maximum Gasteiger partial charge on any atom is 0.314 e. The molecule has 0 saturated carbocycles. The molecule has 1 aromatic heterocycles. The summed E-state index contributed by atoms with van der Waals surface area (Å²) in [7, 11) is 0. The number of halogens is 1. The van der Waals surface area contributed by atoms with E-state index in [0.29, 0.717) is 24.4 Å². The number of ketones is 1. The molecule has 0 fully saturated rings. The number of hydrogen-bond acceptors (Lipinski definition) is 3. The summed E-state index contributed by atoms with van der Waals surface area (Å²) in [6.45, 7) is 5.36. The molecule has 0 saturated heterocycles. The van der Waals surface area contributed by atoms with Crippen LogP contribution in [0.4, 0.5) is 4.39 Å². The van der Waals surface area contributed by atoms with Crippen molar-refractivity contribution in [2.45, 2.75) is 77.7 Å². The molecule has 30 heavy (non-hydrogen) atoms. The Hall–Kier alpha value is -2.43. The van der Waals surface area contributed by atoms with Gasteiger partial charge in [-0.25, -0.2) is 4.39 Å². The number of rotatable bonds is 9. The standard InChI is InChI=1S/C25H32FNO3/c1-3-5-8-16-30-25(29)21-10-6-7-15-27-22(21)17-19(9-4-2)23(27)24(28)18-11-13-20(26)14-12-18/h11-14,17,21H,3-10,15-16H2,1-2H3. The van der Waals surface area contributed by atoms with Crippen molar-refractivity contribution in [2.75, 3.05) is 6.61 Å². The maximum atomic E-state index is 13.4. The second kappa shape index (κ2) is 10.6. The normalized spacial score (nSPS) is 16.0. The van der Waals surface area contributed by atoms with Crippen LogP contribution in [0, 0.1) is 5.82 Å². The summed E-state index contributed by atoms with van der Waals surface area (Å²) in [5, 5.41) is 0. The number of benzene rings is 1. The molecule has 1 atom stereocenters. The van der Waals surface area contributed by atoms with E-state index in [1.165, 1.54) is 24.3 Å². The quantitative estimate of drug-likeness (QED) is 0.296. The van der Waals surface area contributed by atoms with Crippen LogP contribution in [0.3, 0.4) is 0 Å². The summed E-state index contributed by atoms with van der Waals surface area (Å²) in [5.74, 6) is -0.989. The van der Waals surface area contributed by atoms with Crippen molar-refractivity contribution in [2.24, 2.45) is 0 Å². The fourth-order valence-electron chi connectivity index (χ4n) is 4.25. The van der Waals surface area contributed by atoms with E-state index in [1.807, 2.05) is 10.6 Å². The van der Waals surface area contributed by atoms with Crippen LogP contribution in [0.15, 0.2) is 30.3 Å². The largest absolute Gasteiger partial charge is 0.465 e. The van der Waals surface area contributed by atoms with Crippen LogP contribution in [0.25, 0.3) is 0 Å². The molecule has 2 heterocycles. The number of unbranched alkanes of at least 4 members (excludes halogenated alkanes) is 2.